The van der Waals surface area contributed by atoms with Crippen LogP contribution in [0.1, 0.15) is 37.6 Å². The van der Waals surface area contributed by atoms with Gasteiger partial charge in [-0.25, -0.2) is 4.39 Å². The Morgan fingerprint density at radius 3 is 2.52 bits per heavy atom. The summed E-state index contributed by atoms with van der Waals surface area (Å²) < 4.78 is 14.9. The highest BCUT2D eigenvalue weighted by molar-refractivity contribution is 6.18. The van der Waals surface area contributed by atoms with Crippen molar-refractivity contribution in [2.75, 3.05) is 5.88 Å². The van der Waals surface area contributed by atoms with Crippen molar-refractivity contribution in [1.29, 1.82) is 0 Å². The van der Waals surface area contributed by atoms with Gasteiger partial charge in [0.2, 0.25) is 0 Å². The molecule has 114 valence electrons. The first-order valence-corrected chi connectivity index (χ1v) is 8.00. The van der Waals surface area contributed by atoms with Gasteiger partial charge < -0.3 is 0 Å². The second-order valence-corrected chi connectivity index (χ2v) is 5.91. The van der Waals surface area contributed by atoms with Crippen LogP contribution in [0.15, 0.2) is 36.5 Å². The number of rotatable bonds is 7. The van der Waals surface area contributed by atoms with Crippen LogP contribution in [0, 0.1) is 11.7 Å². The lowest BCUT2D eigenvalue weighted by Gasteiger charge is -2.13. The zero-order valence-corrected chi connectivity index (χ0v) is 13.4. The molecule has 0 bridgehead atoms. The summed E-state index contributed by atoms with van der Waals surface area (Å²) in [5, 5.41) is 4.62. The van der Waals surface area contributed by atoms with Crippen LogP contribution < -0.4 is 0 Å². The molecule has 0 saturated carbocycles. The van der Waals surface area contributed by atoms with Crippen LogP contribution in [0.4, 0.5) is 4.39 Å². The summed E-state index contributed by atoms with van der Waals surface area (Å²) in [5.41, 5.74) is 2.19. The van der Waals surface area contributed by atoms with Crippen molar-refractivity contribution in [3.05, 3.63) is 53.6 Å². The lowest BCUT2D eigenvalue weighted by molar-refractivity contribution is 0.467. The zero-order chi connectivity index (χ0) is 15.2. The maximum absolute atomic E-state index is 12.9. The molecule has 2 rings (SSSR count). The molecular formula is C17H22ClFN2. The van der Waals surface area contributed by atoms with Crippen molar-refractivity contribution < 1.29 is 4.39 Å². The summed E-state index contributed by atoms with van der Waals surface area (Å²) in [6.07, 6.45) is 4.80. The molecule has 0 aliphatic carbocycles. The Balaban J connectivity index is 1.98. The fourth-order valence-corrected chi connectivity index (χ4v) is 2.57. The molecule has 4 heteroatoms. The van der Waals surface area contributed by atoms with Crippen molar-refractivity contribution >= 4 is 11.6 Å². The van der Waals surface area contributed by atoms with E-state index in [1.165, 1.54) is 12.1 Å². The molecule has 2 nitrogen and oxygen atoms in total. The number of nitrogens with zero attached hydrogens (tertiary/aromatic N) is 2. The fourth-order valence-electron chi connectivity index (χ4n) is 2.35. The summed E-state index contributed by atoms with van der Waals surface area (Å²) in [4.78, 5) is 0. The Bertz CT molecular complexity index is 550. The van der Waals surface area contributed by atoms with E-state index in [2.05, 4.69) is 25.0 Å². The number of benzene rings is 1. The molecule has 2 aromatic rings. The van der Waals surface area contributed by atoms with E-state index >= 15 is 0 Å². The maximum atomic E-state index is 12.9. The van der Waals surface area contributed by atoms with E-state index in [1.807, 2.05) is 23.0 Å². The highest BCUT2D eigenvalue weighted by Gasteiger charge is 2.13. The van der Waals surface area contributed by atoms with Gasteiger partial charge in [0.1, 0.15) is 5.82 Å². The zero-order valence-electron chi connectivity index (χ0n) is 12.6. The highest BCUT2D eigenvalue weighted by atomic mass is 35.5. The van der Waals surface area contributed by atoms with Crippen LogP contribution in [0.2, 0.25) is 0 Å². The maximum Gasteiger partial charge on any atom is 0.123 e. The molecule has 0 N–H and O–H groups in total. The van der Waals surface area contributed by atoms with E-state index in [0.717, 1.165) is 30.5 Å². The van der Waals surface area contributed by atoms with Crippen molar-refractivity contribution in [1.82, 2.24) is 9.78 Å². The summed E-state index contributed by atoms with van der Waals surface area (Å²) in [7, 11) is 0. The van der Waals surface area contributed by atoms with Crippen LogP contribution in [0.5, 0.6) is 0 Å². The van der Waals surface area contributed by atoms with Crippen LogP contribution >= 0.6 is 11.6 Å². The summed E-state index contributed by atoms with van der Waals surface area (Å²) >= 11 is 6.09. The smallest absolute Gasteiger partial charge is 0.123 e. The fraction of sp³-hybridized carbons (Fsp3) is 0.471. The van der Waals surface area contributed by atoms with Gasteiger partial charge in [-0.15, -0.1) is 11.6 Å². The molecule has 0 aliphatic heterocycles. The molecule has 0 fully saturated rings. The van der Waals surface area contributed by atoms with E-state index in [-0.39, 0.29) is 5.82 Å². The van der Waals surface area contributed by atoms with Gasteiger partial charge in [0.25, 0.3) is 0 Å². The minimum absolute atomic E-state index is 0.200. The van der Waals surface area contributed by atoms with Gasteiger partial charge in [-0.1, -0.05) is 19.1 Å². The van der Waals surface area contributed by atoms with Crippen molar-refractivity contribution in [2.24, 2.45) is 5.92 Å². The van der Waals surface area contributed by atoms with E-state index in [1.54, 1.807) is 0 Å². The average Bonchev–Trinajstić information content (AvgIpc) is 2.96. The van der Waals surface area contributed by atoms with E-state index in [9.17, 15) is 4.39 Å². The Labute approximate surface area is 130 Å². The van der Waals surface area contributed by atoms with Gasteiger partial charge in [-0.2, -0.15) is 5.10 Å². The lowest BCUT2D eigenvalue weighted by Crippen LogP contribution is -2.12. The Morgan fingerprint density at radius 2 is 1.90 bits per heavy atom. The second-order valence-electron chi connectivity index (χ2n) is 5.60. The molecule has 2 atom stereocenters. The SMILES string of the molecule is CCC(C)n1ccc(CC(CCl)Cc2ccc(F)cc2)n1. The predicted molar refractivity (Wildman–Crippen MR) is 85.2 cm³/mol. The largest absolute Gasteiger partial charge is 0.270 e. The lowest BCUT2D eigenvalue weighted by atomic mass is 9.96. The molecule has 0 amide bonds. The number of aromatic nitrogens is 2. The Kier molecular flexibility index (Phi) is 5.80. The van der Waals surface area contributed by atoms with Gasteiger partial charge in [0.05, 0.1) is 5.69 Å². The quantitative estimate of drug-likeness (QED) is 0.682. The van der Waals surface area contributed by atoms with Crippen LogP contribution in [-0.2, 0) is 12.8 Å². The summed E-state index contributed by atoms with van der Waals surface area (Å²) in [5.74, 6) is 0.694. The molecule has 1 heterocycles. The minimum atomic E-state index is -0.200. The van der Waals surface area contributed by atoms with Gasteiger partial charge in [0.15, 0.2) is 0 Å². The monoisotopic (exact) mass is 308 g/mol. The van der Waals surface area contributed by atoms with E-state index in [4.69, 9.17) is 11.6 Å². The molecular weight excluding hydrogens is 287 g/mol. The first-order valence-electron chi connectivity index (χ1n) is 7.46. The van der Waals surface area contributed by atoms with Gasteiger partial charge in [-0.3, -0.25) is 4.68 Å². The number of hydrogen-bond acceptors (Lipinski definition) is 1. The molecule has 0 aliphatic rings. The van der Waals surface area contributed by atoms with Crippen LogP contribution in [0.25, 0.3) is 0 Å². The van der Waals surface area contributed by atoms with Gasteiger partial charge in [-0.05, 0) is 55.9 Å². The Hall–Kier alpha value is -1.35. The van der Waals surface area contributed by atoms with Crippen LogP contribution in [-0.4, -0.2) is 15.7 Å². The Morgan fingerprint density at radius 1 is 1.19 bits per heavy atom. The molecule has 0 saturated heterocycles. The third-order valence-corrected chi connectivity index (χ3v) is 4.30. The summed E-state index contributed by atoms with van der Waals surface area (Å²) in [6, 6.07) is 9.14. The van der Waals surface area contributed by atoms with Gasteiger partial charge >= 0.3 is 0 Å². The third kappa shape index (κ3) is 4.57. The molecule has 1 aromatic heterocycles. The molecule has 2 unspecified atom stereocenters. The second kappa shape index (κ2) is 7.60. The first kappa shape index (κ1) is 16.0. The van der Waals surface area contributed by atoms with Gasteiger partial charge in [0, 0.05) is 18.1 Å². The number of halogens is 2. The molecule has 21 heavy (non-hydrogen) atoms. The number of alkyl halides is 1. The van der Waals surface area contributed by atoms with Crippen molar-refractivity contribution in [3.8, 4) is 0 Å². The molecule has 0 radical (unpaired) electrons. The third-order valence-electron chi connectivity index (χ3n) is 3.86. The number of hydrogen-bond donors (Lipinski definition) is 0. The van der Waals surface area contributed by atoms with Crippen molar-refractivity contribution in [3.63, 3.8) is 0 Å². The summed E-state index contributed by atoms with van der Waals surface area (Å²) in [6.45, 7) is 4.32. The van der Waals surface area contributed by atoms with E-state index < -0.39 is 0 Å². The average molecular weight is 309 g/mol. The standard InChI is InChI=1S/C17H22ClFN2/c1-3-13(2)21-9-8-17(20-21)11-15(12-18)10-14-4-6-16(19)7-5-14/h4-9,13,15H,3,10-12H2,1-2H3. The minimum Gasteiger partial charge on any atom is -0.270 e. The topological polar surface area (TPSA) is 17.8 Å². The first-order chi connectivity index (χ1) is 10.1. The van der Waals surface area contributed by atoms with E-state index in [0.29, 0.717) is 17.8 Å². The highest BCUT2D eigenvalue weighted by Crippen LogP contribution is 2.17. The van der Waals surface area contributed by atoms with Crippen LogP contribution in [0.3, 0.4) is 0 Å². The normalized spacial score (nSPS) is 14.1. The molecule has 0 spiro atoms. The predicted octanol–water partition coefficient (Wildman–Crippen LogP) is 4.63. The molecule has 1 aromatic carbocycles. The van der Waals surface area contributed by atoms with Crippen molar-refractivity contribution in [2.45, 2.75) is 39.2 Å².